The molecule has 20 heteroatoms. The maximum Gasteiger partial charge on any atom is 0.187 e. The van der Waals surface area contributed by atoms with E-state index in [2.05, 4.69) is 13.8 Å². The Hall–Kier alpha value is -0.800. The van der Waals surface area contributed by atoms with Crippen LogP contribution >= 0.6 is 0 Å². The second-order valence-corrected chi connectivity index (χ2v) is 21.5. The summed E-state index contributed by atoms with van der Waals surface area (Å²) in [5, 5.41) is 139. The summed E-state index contributed by atoms with van der Waals surface area (Å²) in [4.78, 5) is 0. The molecule has 0 radical (unpaired) electrons. The van der Waals surface area contributed by atoms with Crippen molar-refractivity contribution in [1.29, 1.82) is 0 Å². The number of aliphatic hydroxyl groups is 13. The van der Waals surface area contributed by atoms with Gasteiger partial charge in [-0.05, 0) is 86.4 Å². The highest BCUT2D eigenvalue weighted by Gasteiger charge is 2.72. The van der Waals surface area contributed by atoms with Crippen LogP contribution in [0, 0.1) is 52.3 Å². The van der Waals surface area contributed by atoms with Gasteiger partial charge in [0.15, 0.2) is 24.7 Å². The number of ether oxygens (including phenoxy) is 7. The molecule has 13 N–H and O–H groups in total. The van der Waals surface area contributed by atoms with Gasteiger partial charge in [-0.1, -0.05) is 27.7 Å². The van der Waals surface area contributed by atoms with Crippen LogP contribution in [0.25, 0.3) is 0 Å². The molecule has 4 saturated carbocycles. The van der Waals surface area contributed by atoms with Crippen LogP contribution in [0.3, 0.4) is 0 Å². The third-order valence-corrected chi connectivity index (χ3v) is 18.1. The van der Waals surface area contributed by atoms with E-state index in [1.165, 1.54) is 0 Å². The predicted molar refractivity (Wildman–Crippen MR) is 220 cm³/mol. The lowest BCUT2D eigenvalue weighted by molar-refractivity contribution is -0.370. The Bertz CT molecular complexity index is 1600. The smallest absolute Gasteiger partial charge is 0.187 e. The summed E-state index contributed by atoms with van der Waals surface area (Å²) in [6.07, 6.45) is -18.4. The Labute approximate surface area is 379 Å². The molecule has 4 heterocycles. The molecule has 65 heavy (non-hydrogen) atoms. The maximum atomic E-state index is 12.4. The molecule has 376 valence electrons. The quantitative estimate of drug-likeness (QED) is 0.0829. The lowest BCUT2D eigenvalue weighted by Crippen LogP contribution is -2.66. The second-order valence-electron chi connectivity index (χ2n) is 21.5. The Morgan fingerprint density at radius 2 is 1.23 bits per heavy atom. The fourth-order valence-corrected chi connectivity index (χ4v) is 14.2. The highest BCUT2D eigenvalue weighted by molar-refractivity contribution is 5.18. The van der Waals surface area contributed by atoms with Crippen molar-refractivity contribution in [3.05, 3.63) is 0 Å². The largest absolute Gasteiger partial charge is 0.394 e. The molecule has 0 bridgehead atoms. The third kappa shape index (κ3) is 8.78. The van der Waals surface area contributed by atoms with Gasteiger partial charge in [0.05, 0.1) is 44.7 Å². The minimum absolute atomic E-state index is 0.0601. The van der Waals surface area contributed by atoms with Gasteiger partial charge >= 0.3 is 0 Å². The van der Waals surface area contributed by atoms with Crippen LogP contribution in [0.2, 0.25) is 0 Å². The number of aliphatic hydroxyl groups excluding tert-OH is 12. The molecule has 8 fully saturated rings. The van der Waals surface area contributed by atoms with Gasteiger partial charge in [-0.25, -0.2) is 0 Å². The minimum Gasteiger partial charge on any atom is -0.394 e. The van der Waals surface area contributed by atoms with Crippen LogP contribution in [0.4, 0.5) is 0 Å². The van der Waals surface area contributed by atoms with E-state index in [1.54, 1.807) is 0 Å². The lowest BCUT2D eigenvalue weighted by Gasteiger charge is -2.63. The number of rotatable bonds is 13. The molecule has 0 amide bonds. The van der Waals surface area contributed by atoms with Crippen molar-refractivity contribution in [2.45, 2.75) is 202 Å². The van der Waals surface area contributed by atoms with Crippen molar-refractivity contribution in [3.8, 4) is 0 Å². The molecule has 8 rings (SSSR count). The van der Waals surface area contributed by atoms with Crippen LogP contribution in [-0.2, 0) is 33.2 Å². The molecule has 8 aliphatic rings. The highest BCUT2D eigenvalue weighted by atomic mass is 16.7. The third-order valence-electron chi connectivity index (χ3n) is 18.1. The van der Waals surface area contributed by atoms with E-state index in [1.807, 2.05) is 13.8 Å². The zero-order valence-electron chi connectivity index (χ0n) is 37.8. The van der Waals surface area contributed by atoms with E-state index in [-0.39, 0.29) is 60.2 Å². The van der Waals surface area contributed by atoms with Crippen molar-refractivity contribution in [2.24, 2.45) is 52.3 Å². The molecule has 0 spiro atoms. The molecule has 0 aromatic rings. The zero-order chi connectivity index (χ0) is 47.1. The summed E-state index contributed by atoms with van der Waals surface area (Å²) in [7, 11) is 0. The summed E-state index contributed by atoms with van der Waals surface area (Å²) in [6, 6.07) is 0. The first-order valence-electron chi connectivity index (χ1n) is 24.0. The van der Waals surface area contributed by atoms with Crippen molar-refractivity contribution >= 4 is 0 Å². The van der Waals surface area contributed by atoms with Gasteiger partial charge in [0.2, 0.25) is 0 Å². The predicted octanol–water partition coefficient (Wildman–Crippen LogP) is -2.81. The summed E-state index contributed by atoms with van der Waals surface area (Å²) >= 11 is 0. The summed E-state index contributed by atoms with van der Waals surface area (Å²) < 4.78 is 42.7. The van der Waals surface area contributed by atoms with E-state index < -0.39 is 135 Å². The van der Waals surface area contributed by atoms with Crippen LogP contribution in [0.15, 0.2) is 0 Å². The van der Waals surface area contributed by atoms with Crippen molar-refractivity contribution in [1.82, 2.24) is 0 Å². The number of hydrogen-bond acceptors (Lipinski definition) is 20. The summed E-state index contributed by atoms with van der Waals surface area (Å²) in [5.41, 5.74) is -0.777. The van der Waals surface area contributed by atoms with Gasteiger partial charge in [0, 0.05) is 23.7 Å². The van der Waals surface area contributed by atoms with E-state index >= 15 is 0 Å². The number of hydrogen-bond donors (Lipinski definition) is 13. The molecule has 0 aromatic carbocycles. The first-order valence-corrected chi connectivity index (χ1v) is 24.0. The maximum absolute atomic E-state index is 12.4. The van der Waals surface area contributed by atoms with Gasteiger partial charge in [-0.2, -0.15) is 0 Å². The lowest BCUT2D eigenvalue weighted by atomic mass is 9.43. The number of fused-ring (bicyclic) bond motifs is 7. The molecule has 4 aliphatic heterocycles. The van der Waals surface area contributed by atoms with Crippen molar-refractivity contribution in [3.63, 3.8) is 0 Å². The highest BCUT2D eigenvalue weighted by Crippen LogP contribution is 2.71. The van der Waals surface area contributed by atoms with E-state index in [4.69, 9.17) is 33.2 Å². The Morgan fingerprint density at radius 3 is 1.86 bits per heavy atom. The second kappa shape index (κ2) is 19.4. The van der Waals surface area contributed by atoms with E-state index in [0.717, 1.165) is 25.7 Å². The molecule has 1 unspecified atom stereocenters. The van der Waals surface area contributed by atoms with Gasteiger partial charge in [-0.3, -0.25) is 0 Å². The molecule has 20 nitrogen and oxygen atoms in total. The normalized spacial score (nSPS) is 56.1. The monoisotopic (exact) mass is 936 g/mol. The fraction of sp³-hybridized carbons (Fsp3) is 1.00. The Morgan fingerprint density at radius 1 is 0.646 bits per heavy atom. The topological polar surface area (TPSA) is 328 Å². The van der Waals surface area contributed by atoms with E-state index in [9.17, 15) is 66.4 Å². The summed E-state index contributed by atoms with van der Waals surface area (Å²) in [5.74, 6) is -1.58. The first kappa shape index (κ1) is 50.6. The molecular weight excluding hydrogens is 860 g/mol. The standard InChI is InChI=1S/C45H76O20/c1-18(17-59-40-36(55)34(53)31(50)26(14-46)60-40)7-10-45(58)19(2)30-25(65-45)12-24-22-6-5-20-11-21(49)8-9-43(20,3)23(22)13-29(44(24,30)4)63-42-38(57)39(33(52)28(16-48)62-42)64-41-37(56)35(54)32(51)27(15-47)61-41/h18-42,46-58H,5-17H2,1-4H3/t18-,19-,20+,21-,22+,23-,24-,25-,26+,27+,28+,29?,30-,31-,32+,33-,34-,35-,36+,37+,38+,39-,40+,41-,42-,43-,44+,45+/m0/s1. The fourth-order valence-electron chi connectivity index (χ4n) is 14.2. The van der Waals surface area contributed by atoms with Crippen molar-refractivity contribution in [2.75, 3.05) is 26.4 Å². The molecule has 28 atom stereocenters. The molecule has 0 aromatic heterocycles. The van der Waals surface area contributed by atoms with Crippen LogP contribution in [-0.4, -0.2) is 209 Å². The summed E-state index contributed by atoms with van der Waals surface area (Å²) in [6.45, 7) is 6.44. The van der Waals surface area contributed by atoms with Gasteiger partial charge < -0.3 is 99.5 Å². The van der Waals surface area contributed by atoms with Crippen LogP contribution in [0.1, 0.15) is 85.5 Å². The van der Waals surface area contributed by atoms with Crippen LogP contribution in [0.5, 0.6) is 0 Å². The zero-order valence-corrected chi connectivity index (χ0v) is 37.8. The molecule has 4 aliphatic carbocycles. The van der Waals surface area contributed by atoms with E-state index in [0.29, 0.717) is 31.6 Å². The Balaban J connectivity index is 1.03. The first-order chi connectivity index (χ1) is 30.7. The average molecular weight is 937 g/mol. The van der Waals surface area contributed by atoms with Crippen LogP contribution < -0.4 is 0 Å². The van der Waals surface area contributed by atoms with Crippen molar-refractivity contribution < 1.29 is 99.5 Å². The SMILES string of the molecule is C[C@@H](CC[C@@]1(O)O[C@H]2C[C@H]3[C@@H]4CC[C@@H]5C[C@@H](O)CC[C@]5(C)[C@H]4CC(O[C@@H]4O[C@H](CO)[C@H](O)[C@H](O[C@@H]5O[C@H](CO)[C@@H](O)[C@H](O)[C@H]5O)[C@H]4O)[C@]3(C)[C@H]2[C@@H]1C)CO[C@@H]1O[C@H](CO)[C@H](O)[C@H](O)[C@H]1O. The molecular formula is C45H76O20. The van der Waals surface area contributed by atoms with Gasteiger partial charge in [0.25, 0.3) is 0 Å². The Kier molecular flexibility index (Phi) is 15.1. The minimum atomic E-state index is -1.83. The van der Waals surface area contributed by atoms with Gasteiger partial charge in [0.1, 0.15) is 73.2 Å². The van der Waals surface area contributed by atoms with Gasteiger partial charge in [-0.15, -0.1) is 0 Å². The molecule has 4 saturated heterocycles. The average Bonchev–Trinajstić information content (AvgIpc) is 3.72.